The van der Waals surface area contributed by atoms with E-state index in [-0.39, 0.29) is 11.5 Å². The van der Waals surface area contributed by atoms with Crippen molar-refractivity contribution in [3.8, 4) is 5.75 Å². The van der Waals surface area contributed by atoms with Crippen LogP contribution in [0.5, 0.6) is 5.75 Å². The molecule has 1 aliphatic heterocycles. The number of hydrogen-bond acceptors (Lipinski definition) is 6. The largest absolute Gasteiger partial charge is 0.496 e. The third-order valence-corrected chi connectivity index (χ3v) is 5.63. The van der Waals surface area contributed by atoms with Gasteiger partial charge in [-0.1, -0.05) is 24.3 Å². The lowest BCUT2D eigenvalue weighted by atomic mass is 9.96. The predicted molar refractivity (Wildman–Crippen MR) is 117 cm³/mol. The first kappa shape index (κ1) is 19.8. The van der Waals surface area contributed by atoms with Gasteiger partial charge in [0.15, 0.2) is 5.78 Å². The van der Waals surface area contributed by atoms with E-state index < -0.39 is 4.92 Å². The second-order valence-corrected chi connectivity index (χ2v) is 7.44. The molecule has 3 aromatic rings. The molecule has 154 valence electrons. The number of benzene rings is 3. The maximum Gasteiger partial charge on any atom is 0.293 e. The highest BCUT2D eigenvalue weighted by molar-refractivity contribution is 6.17. The van der Waals surface area contributed by atoms with E-state index >= 15 is 0 Å². The monoisotopic (exact) mass is 405 g/mol. The summed E-state index contributed by atoms with van der Waals surface area (Å²) in [7, 11) is 3.62. The fraction of sp³-hybridized carbons (Fsp3) is 0.261. The van der Waals surface area contributed by atoms with Crippen LogP contribution < -0.4 is 9.64 Å². The van der Waals surface area contributed by atoms with Crippen molar-refractivity contribution < 1.29 is 14.5 Å². The van der Waals surface area contributed by atoms with Crippen LogP contribution >= 0.6 is 0 Å². The van der Waals surface area contributed by atoms with Crippen molar-refractivity contribution in [1.29, 1.82) is 0 Å². The summed E-state index contributed by atoms with van der Waals surface area (Å²) in [5.41, 5.74) is 1.32. The highest BCUT2D eigenvalue weighted by Gasteiger charge is 2.25. The number of nitro benzene ring substituents is 1. The van der Waals surface area contributed by atoms with Crippen molar-refractivity contribution in [2.24, 2.45) is 0 Å². The summed E-state index contributed by atoms with van der Waals surface area (Å²) >= 11 is 0. The molecule has 0 spiro atoms. The van der Waals surface area contributed by atoms with Gasteiger partial charge in [0.05, 0.1) is 12.0 Å². The van der Waals surface area contributed by atoms with E-state index in [0.717, 1.165) is 23.9 Å². The molecule has 0 amide bonds. The summed E-state index contributed by atoms with van der Waals surface area (Å²) in [6.07, 6.45) is 0. The fourth-order valence-electron chi connectivity index (χ4n) is 3.93. The van der Waals surface area contributed by atoms with E-state index in [0.29, 0.717) is 35.7 Å². The molecule has 7 heteroatoms. The second kappa shape index (κ2) is 8.12. The van der Waals surface area contributed by atoms with Gasteiger partial charge in [-0.05, 0) is 36.7 Å². The molecule has 30 heavy (non-hydrogen) atoms. The summed E-state index contributed by atoms with van der Waals surface area (Å²) in [5, 5.41) is 13.4. The topological polar surface area (TPSA) is 75.9 Å². The molecule has 1 saturated heterocycles. The van der Waals surface area contributed by atoms with Gasteiger partial charge in [0.25, 0.3) is 5.69 Å². The van der Waals surface area contributed by atoms with Crippen LogP contribution in [-0.4, -0.2) is 55.9 Å². The minimum Gasteiger partial charge on any atom is -0.496 e. The van der Waals surface area contributed by atoms with Crippen molar-refractivity contribution in [2.75, 3.05) is 45.2 Å². The van der Waals surface area contributed by atoms with Crippen molar-refractivity contribution in [3.63, 3.8) is 0 Å². The number of anilines is 1. The van der Waals surface area contributed by atoms with E-state index in [1.165, 1.54) is 6.07 Å². The highest BCUT2D eigenvalue weighted by Crippen LogP contribution is 2.33. The van der Waals surface area contributed by atoms with Crippen LogP contribution in [0.15, 0.2) is 54.6 Å². The molecular weight excluding hydrogens is 382 g/mol. The molecule has 0 saturated carbocycles. The van der Waals surface area contributed by atoms with Crippen molar-refractivity contribution in [2.45, 2.75) is 0 Å². The van der Waals surface area contributed by atoms with Gasteiger partial charge >= 0.3 is 0 Å². The Hall–Kier alpha value is -3.45. The van der Waals surface area contributed by atoms with Gasteiger partial charge in [-0.25, -0.2) is 0 Å². The van der Waals surface area contributed by atoms with Crippen molar-refractivity contribution >= 4 is 27.9 Å². The quantitative estimate of drug-likeness (QED) is 0.366. The predicted octanol–water partition coefficient (Wildman–Crippen LogP) is 3.74. The zero-order valence-corrected chi connectivity index (χ0v) is 17.0. The molecule has 0 N–H and O–H groups in total. The van der Waals surface area contributed by atoms with Gasteiger partial charge in [0, 0.05) is 48.8 Å². The molecule has 4 rings (SSSR count). The number of hydrogen-bond donors (Lipinski definition) is 0. The summed E-state index contributed by atoms with van der Waals surface area (Å²) in [4.78, 5) is 28.9. The number of ether oxygens (including phenoxy) is 1. The highest BCUT2D eigenvalue weighted by atomic mass is 16.6. The van der Waals surface area contributed by atoms with Gasteiger partial charge in [-0.2, -0.15) is 0 Å². The van der Waals surface area contributed by atoms with Gasteiger partial charge in [0.2, 0.25) is 0 Å². The zero-order chi connectivity index (χ0) is 21.3. The normalized spacial score (nSPS) is 14.7. The summed E-state index contributed by atoms with van der Waals surface area (Å²) < 4.78 is 5.40. The summed E-state index contributed by atoms with van der Waals surface area (Å²) in [5.74, 6) is 0.431. The molecular formula is C23H23N3O4. The van der Waals surface area contributed by atoms with Gasteiger partial charge in [-0.15, -0.1) is 0 Å². The average molecular weight is 405 g/mol. The molecule has 1 heterocycles. The van der Waals surface area contributed by atoms with Crippen LogP contribution in [0.3, 0.4) is 0 Å². The van der Waals surface area contributed by atoms with Crippen LogP contribution in [0.1, 0.15) is 15.9 Å². The number of fused-ring (bicyclic) bond motifs is 1. The maximum atomic E-state index is 13.3. The maximum absolute atomic E-state index is 13.3. The summed E-state index contributed by atoms with van der Waals surface area (Å²) in [6, 6.07) is 15.7. The number of ketones is 1. The number of carbonyl (C=O) groups is 1. The molecule has 0 unspecified atom stereocenters. The van der Waals surface area contributed by atoms with Gasteiger partial charge in [-0.3, -0.25) is 14.9 Å². The molecule has 1 fully saturated rings. The Bertz CT molecular complexity index is 1120. The van der Waals surface area contributed by atoms with Crippen LogP contribution in [0.4, 0.5) is 11.4 Å². The van der Waals surface area contributed by atoms with Crippen LogP contribution in [0.2, 0.25) is 0 Å². The molecule has 0 bridgehead atoms. The minimum atomic E-state index is -0.406. The number of methoxy groups -OCH3 is 1. The number of nitro groups is 1. The lowest BCUT2D eigenvalue weighted by Crippen LogP contribution is -2.44. The number of piperazine rings is 1. The van der Waals surface area contributed by atoms with E-state index in [2.05, 4.69) is 4.90 Å². The van der Waals surface area contributed by atoms with Crippen molar-refractivity contribution in [3.05, 3.63) is 75.8 Å². The fourth-order valence-corrected chi connectivity index (χ4v) is 3.93. The summed E-state index contributed by atoms with van der Waals surface area (Å²) in [6.45, 7) is 3.12. The molecule has 0 aliphatic carbocycles. The molecule has 0 atom stereocenters. The Balaban J connectivity index is 1.74. The third-order valence-electron chi connectivity index (χ3n) is 5.63. The Labute approximate surface area is 174 Å². The van der Waals surface area contributed by atoms with Crippen LogP contribution in [-0.2, 0) is 0 Å². The lowest BCUT2D eigenvalue weighted by Gasteiger charge is -2.33. The Morgan fingerprint density at radius 1 is 1.00 bits per heavy atom. The van der Waals surface area contributed by atoms with E-state index in [9.17, 15) is 14.9 Å². The SMILES string of the molecule is COc1ccc(C(=O)c2ccc(N3CCN(C)CC3)c([N+](=O)[O-])c2)c2ccccc12. The van der Waals surface area contributed by atoms with Gasteiger partial charge in [0.1, 0.15) is 11.4 Å². The van der Waals surface area contributed by atoms with E-state index in [4.69, 9.17) is 4.74 Å². The number of carbonyl (C=O) groups excluding carboxylic acids is 1. The lowest BCUT2D eigenvalue weighted by molar-refractivity contribution is -0.384. The first-order valence-corrected chi connectivity index (χ1v) is 9.82. The standard InChI is InChI=1S/C23H23N3O4/c1-24-11-13-25(14-12-24)20-9-7-16(15-21(20)26(28)29)23(27)19-8-10-22(30-2)18-6-4-3-5-17(18)19/h3-10,15H,11-14H2,1-2H3. The molecule has 7 nitrogen and oxygen atoms in total. The van der Waals surface area contributed by atoms with E-state index in [1.807, 2.05) is 36.2 Å². The number of rotatable bonds is 5. The zero-order valence-electron chi connectivity index (χ0n) is 17.0. The third kappa shape index (κ3) is 3.59. The average Bonchev–Trinajstić information content (AvgIpc) is 2.78. The molecule has 3 aromatic carbocycles. The molecule has 0 aromatic heterocycles. The van der Waals surface area contributed by atoms with Crippen LogP contribution in [0, 0.1) is 10.1 Å². The van der Waals surface area contributed by atoms with Gasteiger partial charge < -0.3 is 14.5 Å². The van der Waals surface area contributed by atoms with Crippen molar-refractivity contribution in [1.82, 2.24) is 4.90 Å². The smallest absolute Gasteiger partial charge is 0.293 e. The van der Waals surface area contributed by atoms with Crippen LogP contribution in [0.25, 0.3) is 10.8 Å². The second-order valence-electron chi connectivity index (χ2n) is 7.44. The Kier molecular flexibility index (Phi) is 5.37. The van der Waals surface area contributed by atoms with E-state index in [1.54, 1.807) is 31.4 Å². The first-order chi connectivity index (χ1) is 14.5. The number of nitrogens with zero attached hydrogens (tertiary/aromatic N) is 3. The minimum absolute atomic E-state index is 0.0387. The Morgan fingerprint density at radius 3 is 2.37 bits per heavy atom. The molecule has 1 aliphatic rings. The first-order valence-electron chi connectivity index (χ1n) is 9.82. The number of likely N-dealkylation sites (N-methyl/N-ethyl adjacent to an activating group) is 1. The Morgan fingerprint density at radius 2 is 1.70 bits per heavy atom. The molecule has 0 radical (unpaired) electrons.